The summed E-state index contributed by atoms with van der Waals surface area (Å²) in [5.74, 6) is 0.458. The second-order valence-corrected chi connectivity index (χ2v) is 8.90. The molecule has 0 aliphatic carbocycles. The van der Waals surface area contributed by atoms with Crippen LogP contribution in [0.3, 0.4) is 0 Å². The number of H-pyrrole nitrogens is 1. The standard InChI is InChI=1S/C25H31N3O3/c1-15(2)24-21-13-20(31-19-7-9-28(10-8-19)14-23(29)30)5-6-22(21)27-25(24)18-11-16(3)26-17(4)12-18/h5-6,11-13,15,19,27H,7-10,14H2,1-4H3,(H,29,30). The van der Waals surface area contributed by atoms with E-state index in [2.05, 4.69) is 48.1 Å². The molecule has 2 N–H and O–H groups in total. The van der Waals surface area contributed by atoms with Crippen LogP contribution in [0.2, 0.25) is 0 Å². The number of carbonyl (C=O) groups is 1. The number of fused-ring (bicyclic) bond motifs is 1. The first kappa shape index (κ1) is 21.4. The van der Waals surface area contributed by atoms with Gasteiger partial charge in [0.15, 0.2) is 0 Å². The Hall–Kier alpha value is -2.86. The van der Waals surface area contributed by atoms with Crippen molar-refractivity contribution in [3.8, 4) is 17.0 Å². The summed E-state index contributed by atoms with van der Waals surface area (Å²) >= 11 is 0. The van der Waals surface area contributed by atoms with E-state index in [-0.39, 0.29) is 12.6 Å². The van der Waals surface area contributed by atoms with Crippen LogP contribution in [0, 0.1) is 13.8 Å². The zero-order valence-electron chi connectivity index (χ0n) is 18.7. The molecule has 3 heterocycles. The van der Waals surface area contributed by atoms with Crippen LogP contribution in [-0.4, -0.2) is 51.7 Å². The van der Waals surface area contributed by atoms with Gasteiger partial charge < -0.3 is 14.8 Å². The number of aliphatic carboxylic acids is 1. The fourth-order valence-corrected chi connectivity index (χ4v) is 4.64. The Morgan fingerprint density at radius 1 is 1.19 bits per heavy atom. The van der Waals surface area contributed by atoms with Crippen molar-refractivity contribution in [3.63, 3.8) is 0 Å². The predicted molar refractivity (Wildman–Crippen MR) is 123 cm³/mol. The number of hydrogen-bond acceptors (Lipinski definition) is 4. The monoisotopic (exact) mass is 421 g/mol. The Labute approximate surface area is 183 Å². The lowest BCUT2D eigenvalue weighted by molar-refractivity contribution is -0.138. The molecule has 1 aromatic carbocycles. The van der Waals surface area contributed by atoms with Crippen molar-refractivity contribution in [2.75, 3.05) is 19.6 Å². The van der Waals surface area contributed by atoms with Crippen molar-refractivity contribution in [3.05, 3.63) is 47.3 Å². The molecule has 6 heteroatoms. The van der Waals surface area contributed by atoms with Gasteiger partial charge in [-0.2, -0.15) is 0 Å². The minimum atomic E-state index is -0.770. The quantitative estimate of drug-likeness (QED) is 0.592. The SMILES string of the molecule is Cc1cc(-c2[nH]c3ccc(OC4CCN(CC(=O)O)CC4)cc3c2C(C)C)cc(C)n1. The molecule has 164 valence electrons. The van der Waals surface area contributed by atoms with Gasteiger partial charge in [0.25, 0.3) is 0 Å². The molecule has 0 spiro atoms. The molecule has 1 saturated heterocycles. The van der Waals surface area contributed by atoms with Gasteiger partial charge in [0, 0.05) is 40.9 Å². The topological polar surface area (TPSA) is 78.5 Å². The number of ether oxygens (including phenoxy) is 1. The number of carboxylic acids is 1. The summed E-state index contributed by atoms with van der Waals surface area (Å²) in [6, 6.07) is 10.5. The molecule has 0 atom stereocenters. The number of piperidine rings is 1. The molecular weight excluding hydrogens is 390 g/mol. The molecule has 1 aliphatic heterocycles. The maximum absolute atomic E-state index is 10.9. The zero-order valence-corrected chi connectivity index (χ0v) is 18.7. The van der Waals surface area contributed by atoms with E-state index in [1.54, 1.807) is 0 Å². The lowest BCUT2D eigenvalue weighted by atomic mass is 9.96. The van der Waals surface area contributed by atoms with E-state index in [1.807, 2.05) is 24.8 Å². The summed E-state index contributed by atoms with van der Waals surface area (Å²) in [6.45, 7) is 10.1. The lowest BCUT2D eigenvalue weighted by Gasteiger charge is -2.31. The molecule has 1 fully saturated rings. The third-order valence-electron chi connectivity index (χ3n) is 5.95. The molecule has 31 heavy (non-hydrogen) atoms. The fourth-order valence-electron chi connectivity index (χ4n) is 4.64. The highest BCUT2D eigenvalue weighted by Gasteiger charge is 2.23. The van der Waals surface area contributed by atoms with Gasteiger partial charge in [-0.15, -0.1) is 0 Å². The van der Waals surface area contributed by atoms with Crippen LogP contribution in [-0.2, 0) is 4.79 Å². The van der Waals surface area contributed by atoms with Crippen molar-refractivity contribution in [1.82, 2.24) is 14.9 Å². The molecule has 6 nitrogen and oxygen atoms in total. The van der Waals surface area contributed by atoms with Gasteiger partial charge in [-0.25, -0.2) is 0 Å². The van der Waals surface area contributed by atoms with Gasteiger partial charge in [-0.1, -0.05) is 13.8 Å². The maximum Gasteiger partial charge on any atom is 0.317 e. The van der Waals surface area contributed by atoms with Crippen LogP contribution >= 0.6 is 0 Å². The maximum atomic E-state index is 10.9. The molecule has 0 unspecified atom stereocenters. The van der Waals surface area contributed by atoms with Gasteiger partial charge in [-0.05, 0) is 68.5 Å². The average molecular weight is 422 g/mol. The molecule has 0 radical (unpaired) electrons. The first-order chi connectivity index (χ1) is 14.8. The Bertz CT molecular complexity index is 1070. The van der Waals surface area contributed by atoms with Crippen molar-refractivity contribution in [1.29, 1.82) is 0 Å². The highest BCUT2D eigenvalue weighted by Crippen LogP contribution is 2.37. The van der Waals surface area contributed by atoms with Crippen molar-refractivity contribution in [2.45, 2.75) is 52.6 Å². The van der Waals surface area contributed by atoms with Crippen molar-refractivity contribution in [2.24, 2.45) is 0 Å². The molecule has 0 amide bonds. The molecule has 2 aromatic heterocycles. The third kappa shape index (κ3) is 4.74. The highest BCUT2D eigenvalue weighted by molar-refractivity contribution is 5.92. The van der Waals surface area contributed by atoms with Crippen LogP contribution < -0.4 is 4.74 Å². The van der Waals surface area contributed by atoms with Gasteiger partial charge in [0.05, 0.1) is 12.2 Å². The first-order valence-electron chi connectivity index (χ1n) is 11.0. The largest absolute Gasteiger partial charge is 0.490 e. The van der Waals surface area contributed by atoms with E-state index in [0.29, 0.717) is 5.92 Å². The number of aryl methyl sites for hydroxylation is 2. The van der Waals surface area contributed by atoms with Gasteiger partial charge >= 0.3 is 5.97 Å². The minimum Gasteiger partial charge on any atom is -0.490 e. The smallest absolute Gasteiger partial charge is 0.317 e. The lowest BCUT2D eigenvalue weighted by Crippen LogP contribution is -2.40. The van der Waals surface area contributed by atoms with E-state index in [1.165, 1.54) is 10.9 Å². The number of likely N-dealkylation sites (tertiary alicyclic amines) is 1. The Morgan fingerprint density at radius 3 is 2.48 bits per heavy atom. The van der Waals surface area contributed by atoms with Crippen molar-refractivity contribution < 1.29 is 14.6 Å². The molecule has 3 aromatic rings. The summed E-state index contributed by atoms with van der Waals surface area (Å²) in [5.41, 5.74) is 6.75. The van der Waals surface area contributed by atoms with Gasteiger partial charge in [0.2, 0.25) is 0 Å². The molecule has 4 rings (SSSR count). The molecular formula is C25H31N3O3. The number of aromatic nitrogens is 2. The van der Waals surface area contributed by atoms with E-state index in [4.69, 9.17) is 9.84 Å². The number of benzene rings is 1. The van der Waals surface area contributed by atoms with E-state index < -0.39 is 5.97 Å². The Kier molecular flexibility index (Phi) is 6.01. The summed E-state index contributed by atoms with van der Waals surface area (Å²) in [7, 11) is 0. The molecule has 0 bridgehead atoms. The number of nitrogens with zero attached hydrogens (tertiary/aromatic N) is 2. The van der Waals surface area contributed by atoms with Crippen LogP contribution in [0.4, 0.5) is 0 Å². The number of hydrogen-bond donors (Lipinski definition) is 2. The number of pyridine rings is 1. The second kappa shape index (κ2) is 8.71. The summed E-state index contributed by atoms with van der Waals surface area (Å²) in [5, 5.41) is 10.2. The minimum absolute atomic E-state index is 0.108. The number of nitrogens with one attached hydrogen (secondary N) is 1. The van der Waals surface area contributed by atoms with Gasteiger partial charge in [0.1, 0.15) is 11.9 Å². The average Bonchev–Trinajstić information content (AvgIpc) is 3.07. The number of carboxylic acid groups (broad SMARTS) is 1. The predicted octanol–water partition coefficient (Wildman–Crippen LogP) is 4.90. The normalized spacial score (nSPS) is 15.6. The first-order valence-corrected chi connectivity index (χ1v) is 11.0. The number of rotatable bonds is 6. The Balaban J connectivity index is 1.60. The summed E-state index contributed by atoms with van der Waals surface area (Å²) in [6.07, 6.45) is 1.81. The fraction of sp³-hybridized carbons (Fsp3) is 0.440. The molecule has 1 aliphatic rings. The zero-order chi connectivity index (χ0) is 22.1. The second-order valence-electron chi connectivity index (χ2n) is 8.90. The molecule has 0 saturated carbocycles. The highest BCUT2D eigenvalue weighted by atomic mass is 16.5. The van der Waals surface area contributed by atoms with Crippen LogP contribution in [0.25, 0.3) is 22.2 Å². The van der Waals surface area contributed by atoms with Crippen LogP contribution in [0.1, 0.15) is 49.6 Å². The number of aromatic amines is 1. The summed E-state index contributed by atoms with van der Waals surface area (Å²) < 4.78 is 6.31. The third-order valence-corrected chi connectivity index (χ3v) is 5.95. The Morgan fingerprint density at radius 2 is 1.87 bits per heavy atom. The summed E-state index contributed by atoms with van der Waals surface area (Å²) in [4.78, 5) is 21.0. The van der Waals surface area contributed by atoms with E-state index in [9.17, 15) is 4.79 Å². The van der Waals surface area contributed by atoms with Gasteiger partial charge in [-0.3, -0.25) is 14.7 Å². The van der Waals surface area contributed by atoms with Crippen LogP contribution in [0.5, 0.6) is 5.75 Å². The van der Waals surface area contributed by atoms with E-state index in [0.717, 1.165) is 59.8 Å². The van der Waals surface area contributed by atoms with E-state index >= 15 is 0 Å². The van der Waals surface area contributed by atoms with Crippen LogP contribution in [0.15, 0.2) is 30.3 Å². The van der Waals surface area contributed by atoms with Crippen molar-refractivity contribution >= 4 is 16.9 Å².